The van der Waals surface area contributed by atoms with Gasteiger partial charge in [0, 0.05) is 31.4 Å². The molecule has 0 spiro atoms. The van der Waals surface area contributed by atoms with E-state index >= 15 is 0 Å². The van der Waals surface area contributed by atoms with E-state index in [-0.39, 0.29) is 25.2 Å². The van der Waals surface area contributed by atoms with E-state index in [9.17, 15) is 13.2 Å². The average Bonchev–Trinajstić information content (AvgIpc) is 3.42. The molecule has 1 saturated carbocycles. The molecule has 8 heteroatoms. The maximum absolute atomic E-state index is 12.2. The lowest BCUT2D eigenvalue weighted by atomic mass is 9.99. The van der Waals surface area contributed by atoms with Crippen LogP contribution in [0, 0.1) is 5.92 Å². The minimum atomic E-state index is -3.42. The van der Waals surface area contributed by atoms with Crippen molar-refractivity contribution in [3.05, 3.63) is 24.3 Å². The number of amides is 2. The van der Waals surface area contributed by atoms with E-state index in [1.54, 1.807) is 0 Å². The third kappa shape index (κ3) is 5.76. The highest BCUT2D eigenvalue weighted by Gasteiger charge is 2.23. The van der Waals surface area contributed by atoms with Gasteiger partial charge >= 0.3 is 6.03 Å². The summed E-state index contributed by atoms with van der Waals surface area (Å²) >= 11 is 0. The summed E-state index contributed by atoms with van der Waals surface area (Å²) < 4.78 is 25.8. The smallest absolute Gasteiger partial charge is 0.315 e. The number of hydrogen-bond donors (Lipinski definition) is 2. The fraction of sp³-hybridized carbons (Fsp3) is 0.632. The molecule has 0 radical (unpaired) electrons. The zero-order valence-corrected chi connectivity index (χ0v) is 17.0. The Kier molecular flexibility index (Phi) is 6.14. The van der Waals surface area contributed by atoms with E-state index in [2.05, 4.69) is 22.5 Å². The average molecular weight is 395 g/mol. The lowest BCUT2D eigenvalue weighted by molar-refractivity contribution is 0.241. The molecular formula is C19H30N4O3S. The minimum Gasteiger partial charge on any atom is -0.372 e. The predicted octanol–water partition coefficient (Wildman–Crippen LogP) is 2.15. The standard InChI is InChI=1S/C19H30N4O3S/c1-15-9-12-22(13-10-15)17-5-7-18(8-6-17)23(27(2,25)26)14-11-20-19(24)21-16-3-4-16/h5-8,15-16H,3-4,9-14H2,1-2H3,(H2,20,21,24). The van der Waals surface area contributed by atoms with Crippen LogP contribution >= 0.6 is 0 Å². The van der Waals surface area contributed by atoms with Gasteiger partial charge in [-0.2, -0.15) is 0 Å². The number of rotatable bonds is 7. The molecule has 0 bridgehead atoms. The maximum atomic E-state index is 12.2. The van der Waals surface area contributed by atoms with Gasteiger partial charge in [0.2, 0.25) is 10.0 Å². The van der Waals surface area contributed by atoms with E-state index < -0.39 is 10.0 Å². The summed E-state index contributed by atoms with van der Waals surface area (Å²) in [6.07, 6.45) is 5.60. The number of piperidine rings is 1. The lowest BCUT2D eigenvalue weighted by Crippen LogP contribution is -2.42. The van der Waals surface area contributed by atoms with Gasteiger partial charge in [0.25, 0.3) is 0 Å². The highest BCUT2D eigenvalue weighted by Crippen LogP contribution is 2.26. The van der Waals surface area contributed by atoms with Crippen LogP contribution in [0.4, 0.5) is 16.2 Å². The Bertz CT molecular complexity index is 739. The molecule has 0 aromatic heterocycles. The number of anilines is 2. The Labute approximate surface area is 162 Å². The van der Waals surface area contributed by atoms with Crippen LogP contribution in [0.25, 0.3) is 0 Å². The Balaban J connectivity index is 1.59. The third-order valence-electron chi connectivity index (χ3n) is 5.20. The van der Waals surface area contributed by atoms with E-state index in [1.165, 1.54) is 23.4 Å². The second kappa shape index (κ2) is 8.37. The van der Waals surface area contributed by atoms with Gasteiger partial charge in [-0.15, -0.1) is 0 Å². The van der Waals surface area contributed by atoms with Crippen LogP contribution in [0.15, 0.2) is 24.3 Å². The summed E-state index contributed by atoms with van der Waals surface area (Å²) in [6.45, 7) is 4.82. The molecule has 1 aliphatic heterocycles. The Morgan fingerprint density at radius 2 is 1.78 bits per heavy atom. The van der Waals surface area contributed by atoms with Gasteiger partial charge in [-0.05, 0) is 55.9 Å². The SMILES string of the molecule is CC1CCN(c2ccc(N(CCNC(=O)NC3CC3)S(C)(=O)=O)cc2)CC1. The van der Waals surface area contributed by atoms with Crippen molar-refractivity contribution in [2.24, 2.45) is 5.92 Å². The number of carbonyl (C=O) groups excluding carboxylic acids is 1. The van der Waals surface area contributed by atoms with Gasteiger partial charge in [-0.3, -0.25) is 4.31 Å². The van der Waals surface area contributed by atoms with Crippen molar-refractivity contribution in [2.45, 2.75) is 38.6 Å². The van der Waals surface area contributed by atoms with E-state index in [0.717, 1.165) is 37.5 Å². The first-order valence-corrected chi connectivity index (χ1v) is 11.5. The second-order valence-electron chi connectivity index (χ2n) is 7.70. The minimum absolute atomic E-state index is 0.206. The maximum Gasteiger partial charge on any atom is 0.315 e. The van der Waals surface area contributed by atoms with Crippen LogP contribution in [0.3, 0.4) is 0 Å². The summed E-state index contributed by atoms with van der Waals surface area (Å²) in [5, 5.41) is 5.56. The van der Waals surface area contributed by atoms with Crippen LogP contribution in [-0.2, 0) is 10.0 Å². The fourth-order valence-electron chi connectivity index (χ4n) is 3.32. The van der Waals surface area contributed by atoms with Crippen molar-refractivity contribution in [1.82, 2.24) is 10.6 Å². The summed E-state index contributed by atoms with van der Waals surface area (Å²) in [4.78, 5) is 14.1. The van der Waals surface area contributed by atoms with Gasteiger partial charge in [-0.1, -0.05) is 6.92 Å². The Morgan fingerprint density at radius 3 is 2.33 bits per heavy atom. The highest BCUT2D eigenvalue weighted by atomic mass is 32.2. The molecule has 1 heterocycles. The zero-order valence-electron chi connectivity index (χ0n) is 16.1. The number of urea groups is 1. The van der Waals surface area contributed by atoms with Gasteiger partial charge in [0.1, 0.15) is 0 Å². The summed E-state index contributed by atoms with van der Waals surface area (Å²) in [6, 6.07) is 7.70. The number of carbonyl (C=O) groups is 1. The van der Waals surface area contributed by atoms with Crippen molar-refractivity contribution in [2.75, 3.05) is 41.6 Å². The predicted molar refractivity (Wildman–Crippen MR) is 109 cm³/mol. The summed E-state index contributed by atoms with van der Waals surface area (Å²) in [5.41, 5.74) is 1.75. The molecule has 0 atom stereocenters. The van der Waals surface area contributed by atoms with Crippen LogP contribution in [0.2, 0.25) is 0 Å². The summed E-state index contributed by atoms with van der Waals surface area (Å²) in [7, 11) is -3.42. The topological polar surface area (TPSA) is 81.8 Å². The molecule has 1 aromatic carbocycles. The van der Waals surface area contributed by atoms with Crippen molar-refractivity contribution in [3.8, 4) is 0 Å². The van der Waals surface area contributed by atoms with E-state index in [1.807, 2.05) is 24.3 Å². The second-order valence-corrected chi connectivity index (χ2v) is 9.60. The molecule has 27 heavy (non-hydrogen) atoms. The van der Waals surface area contributed by atoms with E-state index in [0.29, 0.717) is 5.69 Å². The quantitative estimate of drug-likeness (QED) is 0.742. The molecule has 1 saturated heterocycles. The molecule has 1 aliphatic carbocycles. The van der Waals surface area contributed by atoms with Crippen molar-refractivity contribution < 1.29 is 13.2 Å². The lowest BCUT2D eigenvalue weighted by Gasteiger charge is -2.32. The van der Waals surface area contributed by atoms with Gasteiger partial charge in [0.15, 0.2) is 0 Å². The van der Waals surface area contributed by atoms with Gasteiger partial charge < -0.3 is 15.5 Å². The van der Waals surface area contributed by atoms with Gasteiger partial charge in [-0.25, -0.2) is 13.2 Å². The molecule has 2 aliphatic rings. The molecule has 1 aromatic rings. The molecule has 7 nitrogen and oxygen atoms in total. The van der Waals surface area contributed by atoms with Crippen LogP contribution in [0.1, 0.15) is 32.6 Å². The summed E-state index contributed by atoms with van der Waals surface area (Å²) in [5.74, 6) is 0.769. The monoisotopic (exact) mass is 394 g/mol. The fourth-order valence-corrected chi connectivity index (χ4v) is 4.25. The molecule has 2 N–H and O–H groups in total. The number of sulfonamides is 1. The molecule has 2 fully saturated rings. The Hall–Kier alpha value is -1.96. The largest absolute Gasteiger partial charge is 0.372 e. The third-order valence-corrected chi connectivity index (χ3v) is 6.39. The molecule has 150 valence electrons. The normalized spacial score (nSPS) is 18.2. The first-order valence-electron chi connectivity index (χ1n) is 9.70. The van der Waals surface area contributed by atoms with E-state index in [4.69, 9.17) is 0 Å². The van der Waals surface area contributed by atoms with Crippen molar-refractivity contribution in [3.63, 3.8) is 0 Å². The molecule has 3 rings (SSSR count). The molecule has 0 unspecified atom stereocenters. The zero-order chi connectivity index (χ0) is 19.4. The molecular weight excluding hydrogens is 364 g/mol. The van der Waals surface area contributed by atoms with Crippen molar-refractivity contribution in [1.29, 1.82) is 0 Å². The first-order chi connectivity index (χ1) is 12.8. The van der Waals surface area contributed by atoms with Crippen LogP contribution in [-0.4, -0.2) is 52.9 Å². The van der Waals surface area contributed by atoms with Crippen molar-refractivity contribution >= 4 is 27.4 Å². The number of benzene rings is 1. The Morgan fingerprint density at radius 1 is 1.15 bits per heavy atom. The number of nitrogens with zero attached hydrogens (tertiary/aromatic N) is 2. The highest BCUT2D eigenvalue weighted by molar-refractivity contribution is 7.92. The number of hydrogen-bond acceptors (Lipinski definition) is 4. The van der Waals surface area contributed by atoms with Crippen LogP contribution < -0.4 is 19.8 Å². The first kappa shape index (κ1) is 19.8. The molecule has 2 amide bonds. The number of nitrogens with one attached hydrogen (secondary N) is 2. The van der Waals surface area contributed by atoms with Crippen LogP contribution in [0.5, 0.6) is 0 Å². The van der Waals surface area contributed by atoms with Gasteiger partial charge in [0.05, 0.1) is 18.5 Å².